The molecule has 0 radical (unpaired) electrons. The van der Waals surface area contributed by atoms with Gasteiger partial charge in [-0.05, 0) is 32.4 Å². The third kappa shape index (κ3) is 3.23. The van der Waals surface area contributed by atoms with Crippen molar-refractivity contribution in [2.75, 3.05) is 16.8 Å². The van der Waals surface area contributed by atoms with Crippen molar-refractivity contribution in [3.05, 3.63) is 17.0 Å². The zero-order chi connectivity index (χ0) is 13.4. The van der Waals surface area contributed by atoms with Crippen LogP contribution in [0.1, 0.15) is 18.2 Å². The molecule has 2 rings (SSSR count). The maximum atomic E-state index is 11.8. The van der Waals surface area contributed by atoms with Crippen LogP contribution >= 0.6 is 11.3 Å². The van der Waals surface area contributed by atoms with E-state index in [-0.39, 0.29) is 17.5 Å². The first kappa shape index (κ1) is 13.4. The lowest BCUT2D eigenvalue weighted by Crippen LogP contribution is -2.48. The standard InChI is InChI=1S/C11H16N2O3S2/c1-8-3-4-9(17-8)12-10(14)13-11(2)5-6-18(15,16)7-11/h3-4H,5-7H2,1-2H3,(H2,12,13,14). The predicted octanol–water partition coefficient (Wildman–Crippen LogP) is 1.76. The number of urea groups is 1. The summed E-state index contributed by atoms with van der Waals surface area (Å²) in [6.07, 6.45) is 0.465. The monoisotopic (exact) mass is 288 g/mol. The average Bonchev–Trinajstić information content (AvgIpc) is 2.70. The Morgan fingerprint density at radius 3 is 2.67 bits per heavy atom. The number of hydrogen-bond acceptors (Lipinski definition) is 4. The number of rotatable bonds is 2. The highest BCUT2D eigenvalue weighted by Gasteiger charge is 2.39. The molecule has 2 N–H and O–H groups in total. The van der Waals surface area contributed by atoms with Gasteiger partial charge in [0.15, 0.2) is 9.84 Å². The summed E-state index contributed by atoms with van der Waals surface area (Å²) >= 11 is 1.48. The largest absolute Gasteiger partial charge is 0.332 e. The summed E-state index contributed by atoms with van der Waals surface area (Å²) in [5.41, 5.74) is -0.658. The fourth-order valence-electron chi connectivity index (χ4n) is 2.03. The lowest BCUT2D eigenvalue weighted by molar-refractivity contribution is 0.242. The highest BCUT2D eigenvalue weighted by molar-refractivity contribution is 7.91. The SMILES string of the molecule is Cc1ccc(NC(=O)NC2(C)CCS(=O)(=O)C2)s1. The molecule has 0 aliphatic carbocycles. The van der Waals surface area contributed by atoms with E-state index in [1.165, 1.54) is 11.3 Å². The second kappa shape index (κ2) is 4.55. The fraction of sp³-hybridized carbons (Fsp3) is 0.545. The smallest absolute Gasteiger partial charge is 0.320 e. The average molecular weight is 288 g/mol. The van der Waals surface area contributed by atoms with Gasteiger partial charge in [-0.1, -0.05) is 0 Å². The number of amides is 2. The summed E-state index contributed by atoms with van der Waals surface area (Å²) in [6, 6.07) is 3.39. The lowest BCUT2D eigenvalue weighted by atomic mass is 10.0. The Hall–Kier alpha value is -1.08. The molecule has 1 aromatic rings. The first-order valence-electron chi connectivity index (χ1n) is 5.64. The van der Waals surface area contributed by atoms with Crippen molar-refractivity contribution in [1.29, 1.82) is 0 Å². The van der Waals surface area contributed by atoms with Crippen LogP contribution in [0, 0.1) is 6.92 Å². The molecule has 1 aromatic heterocycles. The number of carbonyl (C=O) groups excluding carboxylic acids is 1. The van der Waals surface area contributed by atoms with Crippen LogP contribution in [0.5, 0.6) is 0 Å². The highest BCUT2D eigenvalue weighted by Crippen LogP contribution is 2.24. The molecule has 0 aromatic carbocycles. The van der Waals surface area contributed by atoms with Crippen molar-refractivity contribution in [1.82, 2.24) is 5.32 Å². The normalized spacial score (nSPS) is 25.9. The van der Waals surface area contributed by atoms with Gasteiger partial charge in [-0.3, -0.25) is 5.32 Å². The summed E-state index contributed by atoms with van der Waals surface area (Å²) in [4.78, 5) is 12.9. The zero-order valence-corrected chi connectivity index (χ0v) is 12.0. The highest BCUT2D eigenvalue weighted by atomic mass is 32.2. The van der Waals surface area contributed by atoms with E-state index in [0.29, 0.717) is 6.42 Å². The molecule has 1 unspecified atom stereocenters. The topological polar surface area (TPSA) is 75.3 Å². The van der Waals surface area contributed by atoms with Crippen molar-refractivity contribution in [3.8, 4) is 0 Å². The Morgan fingerprint density at radius 2 is 2.17 bits per heavy atom. The van der Waals surface area contributed by atoms with Gasteiger partial charge >= 0.3 is 6.03 Å². The summed E-state index contributed by atoms with van der Waals surface area (Å²) in [6.45, 7) is 3.72. The summed E-state index contributed by atoms with van der Waals surface area (Å²) in [7, 11) is -3.01. The molecule has 0 saturated carbocycles. The number of aryl methyl sites for hydroxylation is 1. The summed E-state index contributed by atoms with van der Waals surface area (Å²) in [5.74, 6) is 0.152. The number of nitrogens with one attached hydrogen (secondary N) is 2. The van der Waals surface area contributed by atoms with E-state index >= 15 is 0 Å². The molecule has 5 nitrogen and oxygen atoms in total. The third-order valence-electron chi connectivity index (χ3n) is 2.90. The van der Waals surface area contributed by atoms with E-state index in [2.05, 4.69) is 10.6 Å². The summed E-state index contributed by atoms with van der Waals surface area (Å²) < 4.78 is 22.8. The number of carbonyl (C=O) groups is 1. The molecule has 2 amide bonds. The maximum Gasteiger partial charge on any atom is 0.320 e. The molecule has 0 bridgehead atoms. The van der Waals surface area contributed by atoms with Gasteiger partial charge in [0.05, 0.1) is 22.0 Å². The molecule has 1 aliphatic heterocycles. The van der Waals surface area contributed by atoms with E-state index in [4.69, 9.17) is 0 Å². The number of anilines is 1. The predicted molar refractivity (Wildman–Crippen MR) is 72.9 cm³/mol. The van der Waals surface area contributed by atoms with Gasteiger partial charge in [0, 0.05) is 4.88 Å². The van der Waals surface area contributed by atoms with Crippen LogP contribution in [0.4, 0.5) is 9.80 Å². The van der Waals surface area contributed by atoms with Crippen LogP contribution in [0.25, 0.3) is 0 Å². The van der Waals surface area contributed by atoms with Crippen LogP contribution in [0.2, 0.25) is 0 Å². The number of thiophene rings is 1. The van der Waals surface area contributed by atoms with Gasteiger partial charge in [0.2, 0.25) is 0 Å². The van der Waals surface area contributed by atoms with Gasteiger partial charge in [-0.25, -0.2) is 13.2 Å². The Balaban J connectivity index is 1.96. The van der Waals surface area contributed by atoms with Gasteiger partial charge in [0.25, 0.3) is 0 Å². The van der Waals surface area contributed by atoms with E-state index in [1.54, 1.807) is 6.92 Å². The molecule has 1 aliphatic rings. The third-order valence-corrected chi connectivity index (χ3v) is 5.71. The van der Waals surface area contributed by atoms with E-state index in [1.807, 2.05) is 19.1 Å². The maximum absolute atomic E-state index is 11.8. The Kier molecular flexibility index (Phi) is 3.37. The molecule has 100 valence electrons. The molecule has 18 heavy (non-hydrogen) atoms. The van der Waals surface area contributed by atoms with Crippen LogP contribution in [-0.4, -0.2) is 31.5 Å². The number of hydrogen-bond donors (Lipinski definition) is 2. The lowest BCUT2D eigenvalue weighted by Gasteiger charge is -2.23. The van der Waals surface area contributed by atoms with E-state index < -0.39 is 15.4 Å². The van der Waals surface area contributed by atoms with Gasteiger partial charge in [0.1, 0.15) is 0 Å². The second-order valence-electron chi connectivity index (χ2n) is 4.89. The van der Waals surface area contributed by atoms with E-state index in [9.17, 15) is 13.2 Å². The van der Waals surface area contributed by atoms with Crippen LogP contribution in [0.3, 0.4) is 0 Å². The van der Waals surface area contributed by atoms with Crippen molar-refractivity contribution in [3.63, 3.8) is 0 Å². The zero-order valence-electron chi connectivity index (χ0n) is 10.3. The first-order valence-corrected chi connectivity index (χ1v) is 8.28. The second-order valence-corrected chi connectivity index (χ2v) is 8.36. The van der Waals surface area contributed by atoms with Crippen molar-refractivity contribution < 1.29 is 13.2 Å². The van der Waals surface area contributed by atoms with Crippen LogP contribution in [0.15, 0.2) is 12.1 Å². The van der Waals surface area contributed by atoms with Gasteiger partial charge in [-0.2, -0.15) is 0 Å². The summed E-state index contributed by atoms with van der Waals surface area (Å²) in [5, 5.41) is 6.22. The molecule has 1 saturated heterocycles. The molecule has 0 spiro atoms. The Morgan fingerprint density at radius 1 is 1.44 bits per heavy atom. The Bertz CT molecular complexity index is 565. The van der Waals surface area contributed by atoms with Crippen LogP contribution in [-0.2, 0) is 9.84 Å². The molecule has 1 fully saturated rings. The minimum atomic E-state index is -3.01. The molecule has 1 atom stereocenters. The quantitative estimate of drug-likeness (QED) is 0.870. The van der Waals surface area contributed by atoms with Crippen molar-refractivity contribution in [2.45, 2.75) is 25.8 Å². The van der Waals surface area contributed by atoms with Gasteiger partial charge < -0.3 is 5.32 Å². The minimum absolute atomic E-state index is 0.0108. The number of sulfone groups is 1. The van der Waals surface area contributed by atoms with Crippen molar-refractivity contribution >= 4 is 32.2 Å². The Labute approximate surface area is 111 Å². The molecule has 2 heterocycles. The fourth-order valence-corrected chi connectivity index (χ4v) is 4.88. The molecular formula is C11H16N2O3S2. The van der Waals surface area contributed by atoms with Crippen molar-refractivity contribution in [2.24, 2.45) is 0 Å². The van der Waals surface area contributed by atoms with E-state index in [0.717, 1.165) is 9.88 Å². The molecule has 7 heteroatoms. The van der Waals surface area contributed by atoms with Gasteiger partial charge in [-0.15, -0.1) is 11.3 Å². The van der Waals surface area contributed by atoms with Crippen LogP contribution < -0.4 is 10.6 Å². The minimum Gasteiger partial charge on any atom is -0.332 e. The molecular weight excluding hydrogens is 272 g/mol. The first-order chi connectivity index (χ1) is 8.28.